The number of esters is 1. The first-order valence-corrected chi connectivity index (χ1v) is 7.04. The Bertz CT molecular complexity index is 597. The van der Waals surface area contributed by atoms with Crippen molar-refractivity contribution in [3.05, 3.63) is 35.4 Å². The Labute approximate surface area is 125 Å². The molecule has 1 aromatic rings. The molecule has 0 saturated carbocycles. The first kappa shape index (κ1) is 15.3. The lowest BCUT2D eigenvalue weighted by atomic mass is 9.94. The van der Waals surface area contributed by atoms with Crippen molar-refractivity contribution in [2.75, 3.05) is 18.6 Å². The van der Waals surface area contributed by atoms with E-state index in [9.17, 15) is 9.59 Å². The standard InChI is InChI=1S/C17H21NO3/c1-17(2,3)16(20)18-11-10-13-7-5-6-12(15(13)18)8-9-14(19)21-4/h5-9H,10-11H2,1-4H3/b9-8+. The lowest BCUT2D eigenvalue weighted by Gasteiger charge is -2.27. The monoisotopic (exact) mass is 287 g/mol. The lowest BCUT2D eigenvalue weighted by molar-refractivity contribution is -0.134. The van der Waals surface area contributed by atoms with E-state index in [0.717, 1.165) is 23.2 Å². The van der Waals surface area contributed by atoms with E-state index in [0.29, 0.717) is 6.54 Å². The molecule has 0 N–H and O–H groups in total. The maximum Gasteiger partial charge on any atom is 0.330 e. The number of ether oxygens (including phenoxy) is 1. The Morgan fingerprint density at radius 1 is 1.29 bits per heavy atom. The minimum atomic E-state index is -0.430. The van der Waals surface area contributed by atoms with Crippen molar-refractivity contribution >= 4 is 23.6 Å². The van der Waals surface area contributed by atoms with Crippen molar-refractivity contribution in [2.24, 2.45) is 5.41 Å². The third-order valence-corrected chi connectivity index (χ3v) is 3.51. The van der Waals surface area contributed by atoms with E-state index in [1.807, 2.05) is 43.9 Å². The van der Waals surface area contributed by atoms with E-state index in [2.05, 4.69) is 4.74 Å². The van der Waals surface area contributed by atoms with Crippen molar-refractivity contribution in [1.82, 2.24) is 0 Å². The van der Waals surface area contributed by atoms with Crippen molar-refractivity contribution in [3.63, 3.8) is 0 Å². The first-order chi connectivity index (χ1) is 9.84. The predicted octanol–water partition coefficient (Wildman–Crippen LogP) is 2.81. The average molecular weight is 287 g/mol. The molecule has 21 heavy (non-hydrogen) atoms. The summed E-state index contributed by atoms with van der Waals surface area (Å²) in [6, 6.07) is 5.88. The Kier molecular flexibility index (Phi) is 4.16. The van der Waals surface area contributed by atoms with Crippen LogP contribution < -0.4 is 4.90 Å². The van der Waals surface area contributed by atoms with Crippen LogP contribution in [0, 0.1) is 5.41 Å². The molecule has 1 amide bonds. The topological polar surface area (TPSA) is 46.6 Å². The van der Waals surface area contributed by atoms with Crippen LogP contribution in [-0.2, 0) is 20.7 Å². The van der Waals surface area contributed by atoms with Gasteiger partial charge in [-0.3, -0.25) is 4.79 Å². The zero-order valence-electron chi connectivity index (χ0n) is 13.0. The second-order valence-corrected chi connectivity index (χ2v) is 6.17. The smallest absolute Gasteiger partial charge is 0.330 e. The van der Waals surface area contributed by atoms with E-state index < -0.39 is 11.4 Å². The highest BCUT2D eigenvalue weighted by Gasteiger charge is 2.33. The summed E-state index contributed by atoms with van der Waals surface area (Å²) < 4.78 is 4.61. The van der Waals surface area contributed by atoms with Crippen LogP contribution in [0.15, 0.2) is 24.3 Å². The van der Waals surface area contributed by atoms with Gasteiger partial charge in [-0.05, 0) is 23.6 Å². The van der Waals surface area contributed by atoms with E-state index in [1.165, 1.54) is 13.2 Å². The van der Waals surface area contributed by atoms with Gasteiger partial charge in [-0.2, -0.15) is 0 Å². The summed E-state index contributed by atoms with van der Waals surface area (Å²) in [6.45, 7) is 6.44. The highest BCUT2D eigenvalue weighted by atomic mass is 16.5. The number of rotatable bonds is 2. The quantitative estimate of drug-likeness (QED) is 0.620. The van der Waals surface area contributed by atoms with Crippen molar-refractivity contribution in [1.29, 1.82) is 0 Å². The van der Waals surface area contributed by atoms with Crippen molar-refractivity contribution in [3.8, 4) is 0 Å². The van der Waals surface area contributed by atoms with Gasteiger partial charge in [0.2, 0.25) is 5.91 Å². The van der Waals surface area contributed by atoms with Crippen LogP contribution in [0.5, 0.6) is 0 Å². The van der Waals surface area contributed by atoms with Crippen LogP contribution in [0.4, 0.5) is 5.69 Å². The van der Waals surface area contributed by atoms with Crippen LogP contribution in [-0.4, -0.2) is 25.5 Å². The summed E-state index contributed by atoms with van der Waals surface area (Å²) in [4.78, 5) is 25.7. The fraction of sp³-hybridized carbons (Fsp3) is 0.412. The second kappa shape index (κ2) is 5.72. The molecule has 2 rings (SSSR count). The van der Waals surface area contributed by atoms with E-state index in [4.69, 9.17) is 0 Å². The number of hydrogen-bond acceptors (Lipinski definition) is 3. The minimum absolute atomic E-state index is 0.0974. The number of hydrogen-bond donors (Lipinski definition) is 0. The molecule has 4 heteroatoms. The number of carbonyl (C=O) groups excluding carboxylic acids is 2. The minimum Gasteiger partial charge on any atom is -0.466 e. The van der Waals surface area contributed by atoms with Crippen molar-refractivity contribution in [2.45, 2.75) is 27.2 Å². The molecular weight excluding hydrogens is 266 g/mol. The van der Waals surface area contributed by atoms with Gasteiger partial charge in [0.25, 0.3) is 0 Å². The molecule has 0 fully saturated rings. The molecule has 0 aliphatic carbocycles. The second-order valence-electron chi connectivity index (χ2n) is 6.17. The SMILES string of the molecule is COC(=O)/C=C/c1cccc2c1N(C(=O)C(C)(C)C)CC2. The Hall–Kier alpha value is -2.10. The third kappa shape index (κ3) is 3.15. The molecule has 0 bridgehead atoms. The zero-order chi connectivity index (χ0) is 15.6. The van der Waals surface area contributed by atoms with E-state index in [1.54, 1.807) is 6.08 Å². The van der Waals surface area contributed by atoms with Crippen LogP contribution in [0.1, 0.15) is 31.9 Å². The maximum atomic E-state index is 12.6. The van der Waals surface area contributed by atoms with Crippen molar-refractivity contribution < 1.29 is 14.3 Å². The van der Waals surface area contributed by atoms with Gasteiger partial charge in [0.15, 0.2) is 0 Å². The molecule has 0 saturated heterocycles. The van der Waals surface area contributed by atoms with Gasteiger partial charge in [-0.1, -0.05) is 39.0 Å². The molecule has 1 heterocycles. The summed E-state index contributed by atoms with van der Waals surface area (Å²) in [5.41, 5.74) is 2.49. The summed E-state index contributed by atoms with van der Waals surface area (Å²) in [6.07, 6.45) is 3.93. The molecule has 4 nitrogen and oxygen atoms in total. The molecule has 0 spiro atoms. The average Bonchev–Trinajstić information content (AvgIpc) is 2.87. The van der Waals surface area contributed by atoms with Crippen LogP contribution in [0.3, 0.4) is 0 Å². The van der Waals surface area contributed by atoms with Gasteiger partial charge in [0, 0.05) is 18.0 Å². The summed E-state index contributed by atoms with van der Waals surface area (Å²) in [7, 11) is 1.34. The number of carbonyl (C=O) groups is 2. The zero-order valence-corrected chi connectivity index (χ0v) is 13.0. The molecular formula is C17H21NO3. The van der Waals surface area contributed by atoms with Crippen LogP contribution in [0.25, 0.3) is 6.08 Å². The molecule has 0 unspecified atom stereocenters. The highest BCUT2D eigenvalue weighted by Crippen LogP contribution is 2.35. The van der Waals surface area contributed by atoms with Gasteiger partial charge in [-0.15, -0.1) is 0 Å². The summed E-state index contributed by atoms with van der Waals surface area (Å²) in [5, 5.41) is 0. The summed E-state index contributed by atoms with van der Waals surface area (Å²) >= 11 is 0. The number of anilines is 1. The van der Waals surface area contributed by atoms with Gasteiger partial charge in [0.05, 0.1) is 12.8 Å². The maximum absolute atomic E-state index is 12.6. The van der Waals surface area contributed by atoms with Crippen LogP contribution in [0.2, 0.25) is 0 Å². The molecule has 0 aromatic heterocycles. The molecule has 0 atom stereocenters. The fourth-order valence-corrected chi connectivity index (χ4v) is 2.45. The predicted molar refractivity (Wildman–Crippen MR) is 83.0 cm³/mol. The number of methoxy groups -OCH3 is 1. The van der Waals surface area contributed by atoms with Gasteiger partial charge in [0.1, 0.15) is 0 Å². The number of para-hydroxylation sites is 1. The number of nitrogens with zero attached hydrogens (tertiary/aromatic N) is 1. The van der Waals surface area contributed by atoms with Gasteiger partial charge in [-0.25, -0.2) is 4.79 Å². The molecule has 1 aliphatic heterocycles. The molecule has 0 radical (unpaired) electrons. The van der Waals surface area contributed by atoms with Gasteiger partial charge < -0.3 is 9.64 Å². The number of benzene rings is 1. The Morgan fingerprint density at radius 2 is 2.00 bits per heavy atom. The fourth-order valence-electron chi connectivity index (χ4n) is 2.45. The summed E-state index contributed by atoms with van der Waals surface area (Å²) in [5.74, 6) is -0.306. The molecule has 1 aliphatic rings. The van der Waals surface area contributed by atoms with E-state index >= 15 is 0 Å². The number of amides is 1. The third-order valence-electron chi connectivity index (χ3n) is 3.51. The molecule has 1 aromatic carbocycles. The van der Waals surface area contributed by atoms with E-state index in [-0.39, 0.29) is 5.91 Å². The molecule has 112 valence electrons. The van der Waals surface area contributed by atoms with Crippen LogP contribution >= 0.6 is 0 Å². The largest absolute Gasteiger partial charge is 0.466 e. The Morgan fingerprint density at radius 3 is 2.62 bits per heavy atom. The number of fused-ring (bicyclic) bond motifs is 1. The van der Waals surface area contributed by atoms with Gasteiger partial charge >= 0.3 is 5.97 Å². The normalized spacial score (nSPS) is 14.4. The highest BCUT2D eigenvalue weighted by molar-refractivity contribution is 6.01. The first-order valence-electron chi connectivity index (χ1n) is 7.04. The lowest BCUT2D eigenvalue weighted by Crippen LogP contribution is -2.38. The Balaban J connectivity index is 2.40.